The number of carboxylic acids is 1. The molecule has 1 heterocycles. The second-order valence-corrected chi connectivity index (χ2v) is 3.88. The summed E-state index contributed by atoms with van der Waals surface area (Å²) in [4.78, 5) is 22.1. The quantitative estimate of drug-likeness (QED) is 0.793. The highest BCUT2D eigenvalue weighted by molar-refractivity contribution is 5.99. The first-order chi connectivity index (χ1) is 9.54. The lowest BCUT2D eigenvalue weighted by atomic mass is 10.3. The molecule has 1 aromatic heterocycles. The van der Waals surface area contributed by atoms with Crippen LogP contribution in [0.3, 0.4) is 0 Å². The number of benzene rings is 1. The van der Waals surface area contributed by atoms with E-state index in [1.54, 1.807) is 6.07 Å². The molecule has 0 aliphatic carbocycles. The largest absolute Gasteiger partial charge is 0.480 e. The lowest BCUT2D eigenvalue weighted by Gasteiger charge is -2.06. The number of carbonyl (C=O) groups excluding carboxylic acids is 1. The molecule has 0 spiro atoms. The van der Waals surface area contributed by atoms with Crippen LogP contribution in [-0.2, 0) is 11.3 Å². The van der Waals surface area contributed by atoms with Crippen LogP contribution in [0.1, 0.15) is 0 Å². The summed E-state index contributed by atoms with van der Waals surface area (Å²) in [5.41, 5.74) is 0.350. The number of carbonyl (C=O) groups is 2. The Morgan fingerprint density at radius 1 is 1.30 bits per heavy atom. The normalized spacial score (nSPS) is 10.1. The van der Waals surface area contributed by atoms with Crippen molar-refractivity contribution in [3.8, 4) is 0 Å². The van der Waals surface area contributed by atoms with Crippen molar-refractivity contribution in [2.45, 2.75) is 6.54 Å². The van der Waals surface area contributed by atoms with Crippen molar-refractivity contribution in [1.29, 1.82) is 0 Å². The molecular formula is C12H11FN4O3. The van der Waals surface area contributed by atoms with E-state index in [1.165, 1.54) is 30.6 Å². The highest BCUT2D eigenvalue weighted by Crippen LogP contribution is 2.13. The molecule has 0 aliphatic rings. The molecule has 0 fully saturated rings. The molecule has 0 saturated heterocycles. The minimum absolute atomic E-state index is 0.0444. The summed E-state index contributed by atoms with van der Waals surface area (Å²) in [6.45, 7) is -0.309. The van der Waals surface area contributed by atoms with Crippen LogP contribution < -0.4 is 10.6 Å². The average molecular weight is 278 g/mol. The van der Waals surface area contributed by atoms with Crippen molar-refractivity contribution >= 4 is 23.4 Å². The number of aliphatic carboxylic acids is 1. The summed E-state index contributed by atoms with van der Waals surface area (Å²) in [6.07, 6.45) is 2.65. The lowest BCUT2D eigenvalue weighted by molar-refractivity contribution is -0.137. The van der Waals surface area contributed by atoms with Crippen LogP contribution in [0.15, 0.2) is 36.7 Å². The van der Waals surface area contributed by atoms with Gasteiger partial charge in [0.05, 0.1) is 17.6 Å². The van der Waals surface area contributed by atoms with E-state index in [0.717, 1.165) is 4.68 Å². The van der Waals surface area contributed by atoms with Gasteiger partial charge < -0.3 is 15.7 Å². The predicted molar refractivity (Wildman–Crippen MR) is 68.9 cm³/mol. The first kappa shape index (κ1) is 13.5. The Bertz CT molecular complexity index is 641. The Balaban J connectivity index is 1.96. The number of halogens is 1. The smallest absolute Gasteiger partial charge is 0.325 e. The van der Waals surface area contributed by atoms with Gasteiger partial charge in [0.1, 0.15) is 12.4 Å². The van der Waals surface area contributed by atoms with Crippen LogP contribution in [0.5, 0.6) is 0 Å². The molecular weight excluding hydrogens is 267 g/mol. The molecule has 0 saturated carbocycles. The monoisotopic (exact) mass is 278 g/mol. The maximum atomic E-state index is 13.3. The van der Waals surface area contributed by atoms with Crippen LogP contribution in [0.4, 0.5) is 20.6 Å². The molecule has 0 atom stereocenters. The maximum Gasteiger partial charge on any atom is 0.325 e. The van der Waals surface area contributed by atoms with Gasteiger partial charge >= 0.3 is 12.0 Å². The Hall–Kier alpha value is -2.90. The third-order valence-electron chi connectivity index (χ3n) is 2.31. The highest BCUT2D eigenvalue weighted by Gasteiger charge is 2.08. The van der Waals surface area contributed by atoms with Crippen molar-refractivity contribution in [3.05, 3.63) is 42.5 Å². The van der Waals surface area contributed by atoms with E-state index in [9.17, 15) is 14.0 Å². The van der Waals surface area contributed by atoms with E-state index in [0.29, 0.717) is 5.69 Å². The number of hydrogen-bond donors (Lipinski definition) is 3. The second kappa shape index (κ2) is 5.83. The Morgan fingerprint density at radius 3 is 2.75 bits per heavy atom. The third kappa shape index (κ3) is 3.55. The fourth-order valence-electron chi connectivity index (χ4n) is 1.50. The standard InChI is InChI=1S/C12H11FN4O3/c13-9-3-1-2-4-10(9)16-12(20)15-8-5-14-17(6-8)7-11(18)19/h1-6H,7H2,(H,18,19)(H2,15,16,20). The van der Waals surface area contributed by atoms with E-state index < -0.39 is 17.8 Å². The zero-order chi connectivity index (χ0) is 14.5. The van der Waals surface area contributed by atoms with E-state index in [4.69, 9.17) is 5.11 Å². The van der Waals surface area contributed by atoms with Gasteiger partial charge in [0.25, 0.3) is 0 Å². The van der Waals surface area contributed by atoms with Gasteiger partial charge in [-0.1, -0.05) is 12.1 Å². The average Bonchev–Trinajstić information content (AvgIpc) is 2.78. The number of amides is 2. The van der Waals surface area contributed by atoms with E-state index in [-0.39, 0.29) is 12.2 Å². The van der Waals surface area contributed by atoms with Crippen molar-refractivity contribution in [2.24, 2.45) is 0 Å². The molecule has 3 N–H and O–H groups in total. The third-order valence-corrected chi connectivity index (χ3v) is 2.31. The Labute approximate surface area is 113 Å². The highest BCUT2D eigenvalue weighted by atomic mass is 19.1. The number of carboxylic acid groups (broad SMARTS) is 1. The van der Waals surface area contributed by atoms with Crippen molar-refractivity contribution in [1.82, 2.24) is 9.78 Å². The molecule has 8 heteroatoms. The minimum Gasteiger partial charge on any atom is -0.480 e. The number of hydrogen-bond acceptors (Lipinski definition) is 3. The van der Waals surface area contributed by atoms with E-state index in [2.05, 4.69) is 15.7 Å². The van der Waals surface area contributed by atoms with Gasteiger partial charge in [-0.15, -0.1) is 0 Å². The van der Waals surface area contributed by atoms with Crippen LogP contribution >= 0.6 is 0 Å². The fraction of sp³-hybridized carbons (Fsp3) is 0.0833. The maximum absolute atomic E-state index is 13.3. The summed E-state index contributed by atoms with van der Waals surface area (Å²) in [5.74, 6) is -1.60. The first-order valence-corrected chi connectivity index (χ1v) is 5.61. The van der Waals surface area contributed by atoms with E-state index in [1.807, 2.05) is 0 Å². The molecule has 0 radical (unpaired) electrons. The van der Waals surface area contributed by atoms with Gasteiger partial charge in [-0.05, 0) is 12.1 Å². The predicted octanol–water partition coefficient (Wildman–Crippen LogP) is 1.75. The Kier molecular flexibility index (Phi) is 3.94. The number of nitrogens with one attached hydrogen (secondary N) is 2. The van der Waals surface area contributed by atoms with Gasteiger partial charge in [-0.2, -0.15) is 5.10 Å². The first-order valence-electron chi connectivity index (χ1n) is 5.61. The number of nitrogens with zero attached hydrogens (tertiary/aromatic N) is 2. The minimum atomic E-state index is -1.05. The SMILES string of the molecule is O=C(O)Cn1cc(NC(=O)Nc2ccccc2F)cn1. The summed E-state index contributed by atoms with van der Waals surface area (Å²) in [5, 5.41) is 17.1. The molecule has 2 aromatic rings. The molecule has 2 amide bonds. The van der Waals surface area contributed by atoms with E-state index >= 15 is 0 Å². The summed E-state index contributed by atoms with van der Waals surface area (Å²) in [7, 11) is 0. The fourth-order valence-corrected chi connectivity index (χ4v) is 1.50. The van der Waals surface area contributed by atoms with Gasteiger partial charge in [0.15, 0.2) is 0 Å². The lowest BCUT2D eigenvalue weighted by Crippen LogP contribution is -2.19. The number of para-hydroxylation sites is 1. The molecule has 1 aromatic carbocycles. The van der Waals surface area contributed by atoms with Gasteiger partial charge in [0, 0.05) is 6.20 Å². The number of anilines is 2. The molecule has 20 heavy (non-hydrogen) atoms. The zero-order valence-electron chi connectivity index (χ0n) is 10.2. The Morgan fingerprint density at radius 2 is 2.05 bits per heavy atom. The number of rotatable bonds is 4. The van der Waals surface area contributed by atoms with Gasteiger partial charge in [-0.25, -0.2) is 9.18 Å². The van der Waals surface area contributed by atoms with Crippen LogP contribution in [0.25, 0.3) is 0 Å². The summed E-state index contributed by atoms with van der Waals surface area (Å²) < 4.78 is 14.5. The van der Waals surface area contributed by atoms with Gasteiger partial charge in [-0.3, -0.25) is 9.48 Å². The molecule has 7 nitrogen and oxygen atoms in total. The van der Waals surface area contributed by atoms with Crippen LogP contribution in [-0.4, -0.2) is 26.9 Å². The number of urea groups is 1. The summed E-state index contributed by atoms with van der Waals surface area (Å²) in [6, 6.07) is 5.09. The molecule has 0 unspecified atom stereocenters. The van der Waals surface area contributed by atoms with Gasteiger partial charge in [0.2, 0.25) is 0 Å². The zero-order valence-corrected chi connectivity index (χ0v) is 10.2. The molecule has 104 valence electrons. The van der Waals surface area contributed by atoms with Crippen molar-refractivity contribution in [2.75, 3.05) is 10.6 Å². The second-order valence-electron chi connectivity index (χ2n) is 3.88. The number of aromatic nitrogens is 2. The molecule has 0 aliphatic heterocycles. The van der Waals surface area contributed by atoms with Crippen LogP contribution in [0, 0.1) is 5.82 Å². The van der Waals surface area contributed by atoms with Crippen molar-refractivity contribution < 1.29 is 19.1 Å². The van der Waals surface area contributed by atoms with Crippen LogP contribution in [0.2, 0.25) is 0 Å². The topological polar surface area (TPSA) is 96.2 Å². The molecule has 0 bridgehead atoms. The van der Waals surface area contributed by atoms with Crippen molar-refractivity contribution in [3.63, 3.8) is 0 Å². The summed E-state index contributed by atoms with van der Waals surface area (Å²) >= 11 is 0. The molecule has 2 rings (SSSR count).